The molecule has 0 saturated carbocycles. The minimum absolute atomic E-state index is 0.0905. The monoisotopic (exact) mass is 458 g/mol. The molecule has 1 aliphatic carbocycles. The molecule has 9 heteroatoms. The molecule has 5 rings (SSSR count). The lowest BCUT2D eigenvalue weighted by molar-refractivity contribution is 0.542. The van der Waals surface area contributed by atoms with E-state index in [0.717, 1.165) is 59.4 Å². The number of fused-ring (bicyclic) bond motifs is 4. The molecule has 0 atom stereocenters. The van der Waals surface area contributed by atoms with Gasteiger partial charge in [-0.2, -0.15) is 0 Å². The van der Waals surface area contributed by atoms with Gasteiger partial charge in [-0.3, -0.25) is 14.2 Å². The van der Waals surface area contributed by atoms with Crippen molar-refractivity contribution in [3.05, 3.63) is 48.4 Å². The summed E-state index contributed by atoms with van der Waals surface area (Å²) < 4.78 is 2.49. The molecule has 1 N–H and O–H groups in total. The molecule has 0 unspecified atom stereocenters. The molecule has 4 aromatic rings. The number of unbranched alkanes of at least 4 members (excludes halogenated alkanes) is 2. The molecule has 0 aromatic carbocycles. The van der Waals surface area contributed by atoms with Gasteiger partial charge < -0.3 is 4.98 Å². The zero-order valence-electron chi connectivity index (χ0n) is 16.7. The molecule has 0 bridgehead atoms. The first kappa shape index (κ1) is 20.0. The highest BCUT2D eigenvalue weighted by Gasteiger charge is 2.23. The molecule has 30 heavy (non-hydrogen) atoms. The zero-order chi connectivity index (χ0) is 20.7. The van der Waals surface area contributed by atoms with Crippen molar-refractivity contribution in [2.24, 2.45) is 0 Å². The molecule has 0 fully saturated rings. The van der Waals surface area contributed by atoms with E-state index in [1.54, 1.807) is 11.3 Å². The van der Waals surface area contributed by atoms with E-state index in [1.807, 2.05) is 16.0 Å². The van der Waals surface area contributed by atoms with Crippen molar-refractivity contribution in [3.63, 3.8) is 0 Å². The predicted octanol–water partition coefficient (Wildman–Crippen LogP) is 4.73. The van der Waals surface area contributed by atoms with Crippen molar-refractivity contribution in [2.45, 2.75) is 62.9 Å². The topological polar surface area (TPSA) is 80.6 Å². The van der Waals surface area contributed by atoms with Gasteiger partial charge in [-0.15, -0.1) is 22.7 Å². The highest BCUT2D eigenvalue weighted by Crippen LogP contribution is 2.36. The lowest BCUT2D eigenvalue weighted by atomic mass is 10.2. The Morgan fingerprint density at radius 1 is 1.23 bits per heavy atom. The van der Waals surface area contributed by atoms with E-state index < -0.39 is 0 Å². The van der Waals surface area contributed by atoms with Crippen molar-refractivity contribution in [2.75, 3.05) is 0 Å². The van der Waals surface area contributed by atoms with Crippen molar-refractivity contribution < 1.29 is 0 Å². The normalized spacial score (nSPS) is 13.5. The molecule has 0 aliphatic heterocycles. The fourth-order valence-electron chi connectivity index (χ4n) is 4.01. The van der Waals surface area contributed by atoms with Gasteiger partial charge in [-0.1, -0.05) is 31.5 Å². The number of hydrogen-bond acceptors (Lipinski definition) is 7. The van der Waals surface area contributed by atoms with Crippen LogP contribution in [0.5, 0.6) is 0 Å². The largest absolute Gasteiger partial charge is 0.309 e. The summed E-state index contributed by atoms with van der Waals surface area (Å²) >= 11 is 4.54. The van der Waals surface area contributed by atoms with Gasteiger partial charge in [0.2, 0.25) is 0 Å². The third kappa shape index (κ3) is 3.52. The van der Waals surface area contributed by atoms with Crippen LogP contribution in [0, 0.1) is 0 Å². The van der Waals surface area contributed by atoms with Gasteiger partial charge in [0.25, 0.3) is 11.1 Å². The zero-order valence-corrected chi connectivity index (χ0v) is 19.1. The molecule has 4 heterocycles. The van der Waals surface area contributed by atoms with Crippen LogP contribution >= 0.6 is 34.4 Å². The minimum Gasteiger partial charge on any atom is -0.309 e. The number of thiophene rings is 2. The molecule has 0 amide bonds. The number of aromatic nitrogens is 4. The lowest BCUT2D eigenvalue weighted by Crippen LogP contribution is -2.23. The second kappa shape index (κ2) is 8.28. The molecule has 4 aromatic heterocycles. The van der Waals surface area contributed by atoms with Crippen LogP contribution in [0.3, 0.4) is 0 Å². The number of nitrogens with one attached hydrogen (secondary N) is 1. The van der Waals surface area contributed by atoms with Gasteiger partial charge in [0.1, 0.15) is 15.4 Å². The van der Waals surface area contributed by atoms with E-state index >= 15 is 0 Å². The molecule has 0 saturated heterocycles. The van der Waals surface area contributed by atoms with Crippen LogP contribution < -0.4 is 11.1 Å². The van der Waals surface area contributed by atoms with Gasteiger partial charge in [0.05, 0.1) is 16.7 Å². The summed E-state index contributed by atoms with van der Waals surface area (Å²) in [4.78, 5) is 40.2. The Labute approximate surface area is 185 Å². The summed E-state index contributed by atoms with van der Waals surface area (Å²) in [6, 6.07) is 1.86. The average molecular weight is 459 g/mol. The van der Waals surface area contributed by atoms with Crippen LogP contribution in [-0.2, 0) is 25.1 Å². The molecular weight excluding hydrogens is 436 g/mol. The molecule has 156 valence electrons. The molecule has 1 aliphatic rings. The van der Waals surface area contributed by atoms with Crippen molar-refractivity contribution >= 4 is 54.9 Å². The Balaban J connectivity index is 1.52. The number of aromatic amines is 1. The van der Waals surface area contributed by atoms with Crippen molar-refractivity contribution in [1.82, 2.24) is 19.5 Å². The quantitative estimate of drug-likeness (QED) is 0.246. The summed E-state index contributed by atoms with van der Waals surface area (Å²) in [7, 11) is 0. The van der Waals surface area contributed by atoms with Gasteiger partial charge in [-0.05, 0) is 42.7 Å². The first-order chi connectivity index (χ1) is 14.7. The summed E-state index contributed by atoms with van der Waals surface area (Å²) in [6.07, 6.45) is 6.32. The lowest BCUT2D eigenvalue weighted by Gasteiger charge is -2.12. The van der Waals surface area contributed by atoms with Crippen LogP contribution in [0.2, 0.25) is 0 Å². The number of rotatable bonds is 7. The van der Waals surface area contributed by atoms with E-state index in [0.29, 0.717) is 22.8 Å². The van der Waals surface area contributed by atoms with E-state index in [9.17, 15) is 9.59 Å². The molecule has 0 spiro atoms. The van der Waals surface area contributed by atoms with Gasteiger partial charge in [0.15, 0.2) is 5.16 Å². The van der Waals surface area contributed by atoms with Crippen LogP contribution in [-0.4, -0.2) is 19.5 Å². The summed E-state index contributed by atoms with van der Waals surface area (Å²) in [5, 5.41) is 3.43. The third-order valence-electron chi connectivity index (χ3n) is 5.48. The van der Waals surface area contributed by atoms with Crippen LogP contribution in [0.25, 0.3) is 20.4 Å². The highest BCUT2D eigenvalue weighted by molar-refractivity contribution is 7.98. The van der Waals surface area contributed by atoms with Gasteiger partial charge in [-0.25, -0.2) is 9.97 Å². The van der Waals surface area contributed by atoms with Crippen LogP contribution in [0.15, 0.2) is 26.2 Å². The first-order valence-corrected chi connectivity index (χ1v) is 13.0. The summed E-state index contributed by atoms with van der Waals surface area (Å²) in [5.41, 5.74) is 1.93. The SMILES string of the molecule is CCCCCn1c(SCc2nc3ccsc3c(=O)[nH]2)nc2sc3c(c2c1=O)CCC3. The number of H-pyrrole nitrogens is 1. The number of aryl methyl sites for hydroxylation is 2. The van der Waals surface area contributed by atoms with Crippen LogP contribution in [0.1, 0.15) is 48.9 Å². The number of hydrogen-bond donors (Lipinski definition) is 1. The van der Waals surface area contributed by atoms with E-state index in [4.69, 9.17) is 4.98 Å². The maximum atomic E-state index is 13.4. The van der Waals surface area contributed by atoms with E-state index in [-0.39, 0.29) is 11.1 Å². The third-order valence-corrected chi connectivity index (χ3v) is 8.55. The fourth-order valence-corrected chi connectivity index (χ4v) is 6.93. The minimum atomic E-state index is -0.107. The average Bonchev–Trinajstić information content (AvgIpc) is 3.44. The summed E-state index contributed by atoms with van der Waals surface area (Å²) in [6.45, 7) is 2.84. The Kier molecular flexibility index (Phi) is 5.51. The Morgan fingerprint density at radius 3 is 3.00 bits per heavy atom. The van der Waals surface area contributed by atoms with Gasteiger partial charge in [0, 0.05) is 11.4 Å². The van der Waals surface area contributed by atoms with Crippen molar-refractivity contribution in [1.29, 1.82) is 0 Å². The maximum Gasteiger partial charge on any atom is 0.268 e. The predicted molar refractivity (Wildman–Crippen MR) is 125 cm³/mol. The highest BCUT2D eigenvalue weighted by atomic mass is 32.2. The second-order valence-electron chi connectivity index (χ2n) is 7.53. The second-order valence-corrected chi connectivity index (χ2v) is 10.5. The Hall–Kier alpha value is -1.97. The number of thioether (sulfide) groups is 1. The van der Waals surface area contributed by atoms with E-state index in [1.165, 1.54) is 33.5 Å². The first-order valence-electron chi connectivity index (χ1n) is 10.3. The number of nitrogens with zero attached hydrogens (tertiary/aromatic N) is 3. The molecular formula is C21H22N4O2S3. The Morgan fingerprint density at radius 2 is 2.13 bits per heavy atom. The van der Waals surface area contributed by atoms with Crippen molar-refractivity contribution in [3.8, 4) is 0 Å². The van der Waals surface area contributed by atoms with E-state index in [2.05, 4.69) is 16.9 Å². The summed E-state index contributed by atoms with van der Waals surface area (Å²) in [5.74, 6) is 1.08. The Bertz CT molecular complexity index is 1350. The van der Waals surface area contributed by atoms with Gasteiger partial charge >= 0.3 is 0 Å². The molecule has 6 nitrogen and oxygen atoms in total. The van der Waals surface area contributed by atoms with Crippen LogP contribution in [0.4, 0.5) is 0 Å². The standard InChI is InChI=1S/C21H22N4O2S3/c1-2-3-4-9-25-20(27)16-12-6-5-7-14(12)30-19(16)24-21(25)29-11-15-22-13-8-10-28-17(13)18(26)23-15/h8,10H,2-7,9,11H2,1H3,(H,22,23,26). The fraction of sp³-hybridized carbons (Fsp3) is 0.429. The maximum absolute atomic E-state index is 13.4. The molecule has 0 radical (unpaired) electrons. The smallest absolute Gasteiger partial charge is 0.268 e.